The van der Waals surface area contributed by atoms with Crippen LogP contribution in [-0.4, -0.2) is 22.0 Å². The van der Waals surface area contributed by atoms with E-state index in [1.807, 2.05) is 0 Å². The second kappa shape index (κ2) is 16.6. The van der Waals surface area contributed by atoms with Gasteiger partial charge in [-0.15, -0.1) is 0 Å². The van der Waals surface area contributed by atoms with E-state index in [1.54, 1.807) is 24.3 Å². The fourth-order valence-corrected chi connectivity index (χ4v) is 2.79. The van der Waals surface area contributed by atoms with E-state index in [9.17, 15) is 9.90 Å². The zero-order chi connectivity index (χ0) is 19.6. The largest absolute Gasteiger partial charge is 0.507 e. The molecule has 1 rings (SSSR count). The maximum Gasteiger partial charge on any atom is 0.300 e. The van der Waals surface area contributed by atoms with Gasteiger partial charge in [0.25, 0.3) is 5.97 Å². The van der Waals surface area contributed by atoms with Gasteiger partial charge in [-0.1, -0.05) is 83.3 Å². The monoisotopic (exact) mass is 364 g/mol. The van der Waals surface area contributed by atoms with Crippen LogP contribution in [0, 0.1) is 0 Å². The van der Waals surface area contributed by atoms with Gasteiger partial charge in [0.15, 0.2) is 5.78 Å². The second-order valence-electron chi connectivity index (χ2n) is 6.74. The van der Waals surface area contributed by atoms with E-state index >= 15 is 0 Å². The van der Waals surface area contributed by atoms with Crippen molar-refractivity contribution >= 4 is 11.8 Å². The lowest BCUT2D eigenvalue weighted by Crippen LogP contribution is -1.99. The molecule has 0 atom stereocenters. The fourth-order valence-electron chi connectivity index (χ4n) is 2.79. The molecule has 148 valence electrons. The van der Waals surface area contributed by atoms with E-state index in [0.717, 1.165) is 19.8 Å². The quantitative estimate of drug-likeness (QED) is 0.315. The van der Waals surface area contributed by atoms with Gasteiger partial charge in [-0.3, -0.25) is 9.59 Å². The average molecular weight is 365 g/mol. The van der Waals surface area contributed by atoms with Crippen LogP contribution in [-0.2, 0) is 4.79 Å². The molecule has 4 heteroatoms. The molecule has 0 saturated heterocycles. The Morgan fingerprint density at radius 1 is 0.808 bits per heavy atom. The van der Waals surface area contributed by atoms with Gasteiger partial charge in [0.1, 0.15) is 5.75 Å². The number of hydrogen-bond acceptors (Lipinski definition) is 3. The first-order chi connectivity index (χ1) is 12.5. The van der Waals surface area contributed by atoms with Crippen LogP contribution in [0.15, 0.2) is 24.3 Å². The lowest BCUT2D eigenvalue weighted by atomic mass is 10.0. The summed E-state index contributed by atoms with van der Waals surface area (Å²) in [6, 6.07) is 6.83. The van der Waals surface area contributed by atoms with Crippen LogP contribution in [0.1, 0.15) is 101 Å². The van der Waals surface area contributed by atoms with Crippen molar-refractivity contribution in [3.05, 3.63) is 29.8 Å². The van der Waals surface area contributed by atoms with Gasteiger partial charge in [-0.2, -0.15) is 0 Å². The molecule has 0 fully saturated rings. The van der Waals surface area contributed by atoms with Crippen LogP contribution in [0.25, 0.3) is 0 Å². The van der Waals surface area contributed by atoms with Crippen LogP contribution in [0.3, 0.4) is 0 Å². The molecule has 0 saturated carbocycles. The fraction of sp³-hybridized carbons (Fsp3) is 0.636. The lowest BCUT2D eigenvalue weighted by molar-refractivity contribution is -0.134. The molecule has 0 spiro atoms. The Morgan fingerprint density at radius 3 is 1.69 bits per heavy atom. The standard InChI is InChI=1S/C20H32O2.C2H4O2/c1-2-3-4-5-6-7-8-9-10-11-12-16-19(21)18-15-13-14-17-20(18)22;1-2(3)4/h13-15,17,22H,2-12,16H2,1H3;1H3,(H,3,4). The van der Waals surface area contributed by atoms with E-state index < -0.39 is 5.97 Å². The van der Waals surface area contributed by atoms with Crippen molar-refractivity contribution in [3.63, 3.8) is 0 Å². The molecule has 1 aromatic rings. The number of hydrogen-bond donors (Lipinski definition) is 2. The minimum absolute atomic E-state index is 0.0639. The number of carbonyl (C=O) groups is 2. The van der Waals surface area contributed by atoms with E-state index in [2.05, 4.69) is 6.92 Å². The normalized spacial score (nSPS) is 10.1. The number of aromatic hydroxyl groups is 1. The van der Waals surface area contributed by atoms with Gasteiger partial charge in [-0.05, 0) is 18.6 Å². The summed E-state index contributed by atoms with van der Waals surface area (Å²) in [4.78, 5) is 21.0. The molecular weight excluding hydrogens is 328 g/mol. The molecule has 2 N–H and O–H groups in total. The summed E-state index contributed by atoms with van der Waals surface area (Å²) in [5.41, 5.74) is 0.467. The van der Waals surface area contributed by atoms with Crippen molar-refractivity contribution in [3.8, 4) is 5.75 Å². The smallest absolute Gasteiger partial charge is 0.300 e. The Bertz CT molecular complexity index is 493. The summed E-state index contributed by atoms with van der Waals surface area (Å²) in [6.45, 7) is 3.34. The summed E-state index contributed by atoms with van der Waals surface area (Å²) in [5.74, 6) is -0.662. The van der Waals surface area contributed by atoms with Gasteiger partial charge in [0, 0.05) is 13.3 Å². The highest BCUT2D eigenvalue weighted by Gasteiger charge is 2.09. The number of phenols is 1. The number of aliphatic carboxylic acids is 1. The molecule has 0 bridgehead atoms. The number of carbonyl (C=O) groups excluding carboxylic acids is 1. The number of para-hydroxylation sites is 1. The third-order valence-electron chi connectivity index (χ3n) is 4.21. The Labute approximate surface area is 158 Å². The van der Waals surface area contributed by atoms with E-state index in [0.29, 0.717) is 12.0 Å². The Balaban J connectivity index is 0.00000141. The van der Waals surface area contributed by atoms with Crippen LogP contribution in [0.2, 0.25) is 0 Å². The van der Waals surface area contributed by atoms with Crippen molar-refractivity contribution in [1.29, 1.82) is 0 Å². The number of phenolic OH excluding ortho intramolecular Hbond substituents is 1. The molecule has 0 heterocycles. The summed E-state index contributed by atoms with van der Waals surface area (Å²) in [5, 5.41) is 17.1. The first kappa shape index (κ1) is 24.2. The topological polar surface area (TPSA) is 74.6 Å². The SMILES string of the molecule is CC(=O)O.CCCCCCCCCCCCCC(=O)c1ccccc1O. The van der Waals surface area contributed by atoms with Crippen molar-refractivity contribution in [2.45, 2.75) is 90.9 Å². The number of unbranched alkanes of at least 4 members (excludes halogenated alkanes) is 10. The first-order valence-electron chi connectivity index (χ1n) is 9.99. The molecule has 4 nitrogen and oxygen atoms in total. The molecule has 0 aliphatic heterocycles. The third-order valence-corrected chi connectivity index (χ3v) is 4.21. The maximum atomic E-state index is 12.0. The number of rotatable bonds is 13. The predicted molar refractivity (Wildman–Crippen MR) is 107 cm³/mol. The minimum atomic E-state index is -0.833. The minimum Gasteiger partial charge on any atom is -0.507 e. The summed E-state index contributed by atoms with van der Waals surface area (Å²) >= 11 is 0. The van der Waals surface area contributed by atoms with Crippen molar-refractivity contribution in [1.82, 2.24) is 0 Å². The molecule has 26 heavy (non-hydrogen) atoms. The number of Topliss-reactive ketones (excluding diaryl/α,β-unsaturated/α-hetero) is 1. The van der Waals surface area contributed by atoms with Crippen LogP contribution >= 0.6 is 0 Å². The highest BCUT2D eigenvalue weighted by atomic mass is 16.4. The second-order valence-corrected chi connectivity index (χ2v) is 6.74. The zero-order valence-corrected chi connectivity index (χ0v) is 16.5. The Morgan fingerprint density at radius 2 is 1.23 bits per heavy atom. The van der Waals surface area contributed by atoms with Crippen LogP contribution < -0.4 is 0 Å². The number of carboxylic acid groups (broad SMARTS) is 1. The Kier molecular flexibility index (Phi) is 15.4. The summed E-state index contributed by atoms with van der Waals surface area (Å²) in [6.07, 6.45) is 14.7. The van der Waals surface area contributed by atoms with E-state index in [-0.39, 0.29) is 11.5 Å². The predicted octanol–water partition coefficient (Wildman–Crippen LogP) is 6.37. The van der Waals surface area contributed by atoms with E-state index in [4.69, 9.17) is 9.90 Å². The summed E-state index contributed by atoms with van der Waals surface area (Å²) in [7, 11) is 0. The molecular formula is C22H36O4. The molecule has 0 unspecified atom stereocenters. The maximum absolute atomic E-state index is 12.0. The third kappa shape index (κ3) is 14.5. The van der Waals surface area contributed by atoms with Gasteiger partial charge < -0.3 is 10.2 Å². The highest BCUT2D eigenvalue weighted by Crippen LogP contribution is 2.19. The van der Waals surface area contributed by atoms with Gasteiger partial charge >= 0.3 is 0 Å². The molecule has 0 amide bonds. The van der Waals surface area contributed by atoms with Gasteiger partial charge in [-0.25, -0.2) is 0 Å². The van der Waals surface area contributed by atoms with Crippen LogP contribution in [0.4, 0.5) is 0 Å². The number of carboxylic acids is 1. The molecule has 0 aliphatic carbocycles. The van der Waals surface area contributed by atoms with E-state index in [1.165, 1.54) is 57.8 Å². The molecule has 0 radical (unpaired) electrons. The van der Waals surface area contributed by atoms with Gasteiger partial charge in [0.2, 0.25) is 0 Å². The first-order valence-corrected chi connectivity index (χ1v) is 9.99. The molecule has 0 aromatic heterocycles. The summed E-state index contributed by atoms with van der Waals surface area (Å²) < 4.78 is 0. The molecule has 0 aliphatic rings. The van der Waals surface area contributed by atoms with Crippen molar-refractivity contribution in [2.75, 3.05) is 0 Å². The zero-order valence-electron chi connectivity index (χ0n) is 16.5. The average Bonchev–Trinajstić information content (AvgIpc) is 2.59. The number of benzene rings is 1. The lowest BCUT2D eigenvalue weighted by Gasteiger charge is -2.04. The Hall–Kier alpha value is -1.84. The number of ketones is 1. The van der Waals surface area contributed by atoms with Gasteiger partial charge in [0.05, 0.1) is 5.56 Å². The van der Waals surface area contributed by atoms with Crippen LogP contribution in [0.5, 0.6) is 5.75 Å². The highest BCUT2D eigenvalue weighted by molar-refractivity contribution is 5.98. The molecule has 1 aromatic carbocycles. The van der Waals surface area contributed by atoms with Crippen molar-refractivity contribution < 1.29 is 19.8 Å². The van der Waals surface area contributed by atoms with Crippen molar-refractivity contribution in [2.24, 2.45) is 0 Å².